The third kappa shape index (κ3) is 5.97. The van der Waals surface area contributed by atoms with Gasteiger partial charge in [-0.2, -0.15) is 5.10 Å². The summed E-state index contributed by atoms with van der Waals surface area (Å²) in [7, 11) is 0. The number of anilines is 2. The van der Waals surface area contributed by atoms with Crippen molar-refractivity contribution in [3.63, 3.8) is 0 Å². The van der Waals surface area contributed by atoms with Gasteiger partial charge in [0.2, 0.25) is 11.3 Å². The second-order valence-electron chi connectivity index (χ2n) is 13.1. The van der Waals surface area contributed by atoms with Crippen molar-refractivity contribution in [2.45, 2.75) is 51.6 Å². The monoisotopic (exact) mass is 677 g/mol. The molecule has 3 amide bonds. The number of nitrogen functional groups attached to an aromatic ring is 1. The van der Waals surface area contributed by atoms with E-state index in [-0.39, 0.29) is 52.1 Å². The molecule has 14 heteroatoms. The van der Waals surface area contributed by atoms with Crippen LogP contribution in [-0.4, -0.2) is 60.0 Å². The Morgan fingerprint density at radius 2 is 1.58 bits per heavy atom. The minimum absolute atomic E-state index is 0.00997. The number of rotatable bonds is 8. The van der Waals surface area contributed by atoms with Crippen LogP contribution >= 0.6 is 0 Å². The molecule has 5 aromatic rings. The van der Waals surface area contributed by atoms with E-state index in [2.05, 4.69) is 15.3 Å². The van der Waals surface area contributed by atoms with E-state index in [1.165, 1.54) is 36.8 Å². The lowest BCUT2D eigenvalue weighted by atomic mass is 9.99. The van der Waals surface area contributed by atoms with Crippen molar-refractivity contribution < 1.29 is 18.8 Å². The number of nitrogens with one attached hydrogen (secondary N) is 1. The van der Waals surface area contributed by atoms with E-state index in [9.17, 15) is 23.6 Å². The molecule has 1 aliphatic carbocycles. The summed E-state index contributed by atoms with van der Waals surface area (Å²) in [6, 6.07) is 12.0. The molecule has 0 bridgehead atoms. The van der Waals surface area contributed by atoms with Gasteiger partial charge >= 0.3 is 0 Å². The van der Waals surface area contributed by atoms with Crippen molar-refractivity contribution in [1.29, 1.82) is 0 Å². The molecule has 4 heterocycles. The largest absolute Gasteiger partial charge is 0.383 e. The first-order valence-corrected chi connectivity index (χ1v) is 16.6. The Balaban J connectivity index is 1.18. The number of aromatic nitrogens is 5. The lowest BCUT2D eigenvalue weighted by Crippen LogP contribution is -2.41. The molecule has 7 rings (SSSR count). The second kappa shape index (κ2) is 12.8. The van der Waals surface area contributed by atoms with Crippen LogP contribution in [-0.2, 0) is 4.79 Å². The first kappa shape index (κ1) is 32.6. The van der Waals surface area contributed by atoms with E-state index in [1.807, 2.05) is 23.4 Å². The molecule has 5 N–H and O–H groups in total. The number of pyridine rings is 1. The number of hydrogen-bond acceptors (Lipinski definition) is 8. The van der Waals surface area contributed by atoms with Gasteiger partial charge in [-0.25, -0.2) is 19.0 Å². The van der Waals surface area contributed by atoms with Crippen LogP contribution in [0.2, 0.25) is 0 Å². The molecular formula is C36H36FN9O4. The van der Waals surface area contributed by atoms with Gasteiger partial charge in [0.25, 0.3) is 11.8 Å². The molecule has 0 spiro atoms. The first-order valence-electron chi connectivity index (χ1n) is 16.6. The fourth-order valence-corrected chi connectivity index (χ4v) is 6.63. The summed E-state index contributed by atoms with van der Waals surface area (Å²) in [4.78, 5) is 63.2. The lowest BCUT2D eigenvalue weighted by molar-refractivity contribution is -0.135. The Hall–Kier alpha value is -5.92. The molecule has 2 aromatic carbocycles. The van der Waals surface area contributed by atoms with Crippen molar-refractivity contribution in [3.8, 4) is 22.4 Å². The number of halogens is 1. The maximum Gasteiger partial charge on any atom is 0.266 e. The zero-order chi connectivity index (χ0) is 35.3. The van der Waals surface area contributed by atoms with Crippen molar-refractivity contribution in [3.05, 3.63) is 88.4 Å². The summed E-state index contributed by atoms with van der Waals surface area (Å²) in [6.07, 6.45) is 5.73. The number of benzene rings is 2. The SMILES string of the molecule is CC(C)C(=O)N1CCC(n2nc(-c3ccc(NC(=O)c4cn(C5CC5)c(C(N)=O)c(-c5ccc(F)cc5)c4=O)cc3)c3c(N)ncnc32)CC1. The average Bonchev–Trinajstić information content (AvgIpc) is 3.88. The molecule has 256 valence electrons. The molecular weight excluding hydrogens is 641 g/mol. The Kier molecular flexibility index (Phi) is 8.38. The molecule has 0 unspecified atom stereocenters. The molecule has 50 heavy (non-hydrogen) atoms. The fourth-order valence-electron chi connectivity index (χ4n) is 6.63. The number of nitrogens with two attached hydrogens (primary N) is 2. The van der Waals surface area contributed by atoms with Gasteiger partial charge in [0.1, 0.15) is 34.9 Å². The van der Waals surface area contributed by atoms with Crippen molar-refractivity contribution >= 4 is 40.3 Å². The number of piperidine rings is 1. The summed E-state index contributed by atoms with van der Waals surface area (Å²) in [6.45, 7) is 5.04. The van der Waals surface area contributed by atoms with Gasteiger partial charge in [0.05, 0.1) is 17.0 Å². The summed E-state index contributed by atoms with van der Waals surface area (Å²) < 4.78 is 17.2. The molecule has 2 aliphatic rings. The highest BCUT2D eigenvalue weighted by Gasteiger charge is 2.32. The third-order valence-electron chi connectivity index (χ3n) is 9.34. The number of carbonyl (C=O) groups is 3. The predicted molar refractivity (Wildman–Crippen MR) is 186 cm³/mol. The molecule has 0 atom stereocenters. The first-order chi connectivity index (χ1) is 24.0. The smallest absolute Gasteiger partial charge is 0.266 e. The Labute approximate surface area is 286 Å². The van der Waals surface area contributed by atoms with Crippen molar-refractivity contribution in [2.75, 3.05) is 24.1 Å². The van der Waals surface area contributed by atoms with Gasteiger partial charge in [-0.15, -0.1) is 0 Å². The molecule has 2 fully saturated rings. The quantitative estimate of drug-likeness (QED) is 0.214. The molecule has 1 saturated heterocycles. The summed E-state index contributed by atoms with van der Waals surface area (Å²) in [5.41, 5.74) is 13.7. The van der Waals surface area contributed by atoms with Crippen molar-refractivity contribution in [1.82, 2.24) is 29.2 Å². The van der Waals surface area contributed by atoms with Crippen LogP contribution in [0.3, 0.4) is 0 Å². The topological polar surface area (TPSA) is 184 Å². The Morgan fingerprint density at radius 3 is 2.20 bits per heavy atom. The van der Waals surface area contributed by atoms with Crippen molar-refractivity contribution in [2.24, 2.45) is 11.7 Å². The minimum atomic E-state index is -0.816. The number of nitrogens with zero attached hydrogens (tertiary/aromatic N) is 6. The Morgan fingerprint density at radius 1 is 0.920 bits per heavy atom. The summed E-state index contributed by atoms with van der Waals surface area (Å²) in [5, 5.41) is 8.33. The zero-order valence-electron chi connectivity index (χ0n) is 27.6. The summed E-state index contributed by atoms with van der Waals surface area (Å²) >= 11 is 0. The van der Waals surface area contributed by atoms with Crippen LogP contribution in [0.25, 0.3) is 33.4 Å². The van der Waals surface area contributed by atoms with E-state index in [1.54, 1.807) is 28.8 Å². The number of amides is 3. The predicted octanol–water partition coefficient (Wildman–Crippen LogP) is 4.55. The molecule has 3 aromatic heterocycles. The van der Waals surface area contributed by atoms with E-state index >= 15 is 0 Å². The molecule has 13 nitrogen and oxygen atoms in total. The van der Waals surface area contributed by atoms with Crippen LogP contribution in [0.15, 0.2) is 65.8 Å². The van der Waals surface area contributed by atoms with Crippen LogP contribution < -0.4 is 22.2 Å². The summed E-state index contributed by atoms with van der Waals surface area (Å²) in [5.74, 6) is -1.65. The standard InChI is InChI=1S/C36H36FN9O4/c1-19(2)36(50)44-15-13-25(14-16-44)46-34-28(32(38)40-18-41-34)29(43-46)21-5-9-23(10-6-21)42-35(49)26-17-45(24-11-12-24)30(33(39)48)27(31(26)47)20-3-7-22(37)8-4-20/h3-10,17-19,24-25H,11-16H2,1-2H3,(H2,39,48)(H,42,49)(H2,38,40,41). The minimum Gasteiger partial charge on any atom is -0.383 e. The van der Waals surface area contributed by atoms with Crippen LogP contribution in [0, 0.1) is 11.7 Å². The molecule has 1 aliphatic heterocycles. The van der Waals surface area contributed by atoms with Crippen LogP contribution in [0.5, 0.6) is 0 Å². The highest BCUT2D eigenvalue weighted by atomic mass is 19.1. The highest BCUT2D eigenvalue weighted by molar-refractivity contribution is 6.07. The maximum absolute atomic E-state index is 13.8. The fraction of sp³-hybridized carbons (Fsp3) is 0.306. The van der Waals surface area contributed by atoms with E-state index in [0.29, 0.717) is 41.1 Å². The second-order valence-corrected chi connectivity index (χ2v) is 13.1. The van der Waals surface area contributed by atoms with Gasteiger partial charge in [-0.3, -0.25) is 19.2 Å². The van der Waals surface area contributed by atoms with Gasteiger partial charge in [-0.1, -0.05) is 38.1 Å². The lowest BCUT2D eigenvalue weighted by Gasteiger charge is -2.33. The number of carbonyl (C=O) groups excluding carboxylic acids is 3. The van der Waals surface area contributed by atoms with Crippen LogP contribution in [0.4, 0.5) is 15.9 Å². The van der Waals surface area contributed by atoms with Crippen LogP contribution in [0.1, 0.15) is 72.5 Å². The number of likely N-dealkylation sites (tertiary alicyclic amines) is 1. The number of fused-ring (bicyclic) bond motifs is 1. The van der Waals surface area contributed by atoms with E-state index < -0.39 is 23.1 Å². The average molecular weight is 678 g/mol. The van der Waals surface area contributed by atoms with Gasteiger partial charge in [-0.05, 0) is 55.5 Å². The maximum atomic E-state index is 13.8. The number of hydrogen-bond donors (Lipinski definition) is 3. The molecule has 0 radical (unpaired) electrons. The van der Waals surface area contributed by atoms with E-state index in [4.69, 9.17) is 16.6 Å². The van der Waals surface area contributed by atoms with E-state index in [0.717, 1.165) is 25.7 Å². The van der Waals surface area contributed by atoms with Gasteiger partial charge < -0.3 is 26.3 Å². The third-order valence-corrected chi connectivity index (χ3v) is 9.34. The van der Waals surface area contributed by atoms with Gasteiger partial charge in [0, 0.05) is 42.5 Å². The Bertz CT molecular complexity index is 2200. The highest BCUT2D eigenvalue weighted by Crippen LogP contribution is 2.38. The molecule has 1 saturated carbocycles. The number of primary amides is 1. The van der Waals surface area contributed by atoms with Gasteiger partial charge in [0.15, 0.2) is 5.65 Å². The zero-order valence-corrected chi connectivity index (χ0v) is 27.6. The normalized spacial score (nSPS) is 15.1.